The molecule has 6 heteroatoms. The van der Waals surface area contributed by atoms with E-state index in [1.807, 2.05) is 0 Å². The number of benzene rings is 1. The first-order chi connectivity index (χ1) is 8.99. The molecule has 0 saturated carbocycles. The Bertz CT molecular complexity index is 519. The van der Waals surface area contributed by atoms with Crippen LogP contribution in [0.15, 0.2) is 18.2 Å². The van der Waals surface area contributed by atoms with Crippen LogP contribution in [-0.4, -0.2) is 29.8 Å². The molecule has 0 aromatic heterocycles. The van der Waals surface area contributed by atoms with E-state index < -0.39 is 0 Å². The van der Waals surface area contributed by atoms with Gasteiger partial charge in [0, 0.05) is 30.1 Å². The van der Waals surface area contributed by atoms with Crippen molar-refractivity contribution in [3.8, 4) is 0 Å². The smallest absolute Gasteiger partial charge is 0.243 e. The second-order valence-electron chi connectivity index (χ2n) is 4.51. The van der Waals surface area contributed by atoms with Crippen molar-refractivity contribution in [2.45, 2.75) is 25.4 Å². The molecule has 102 valence electrons. The zero-order chi connectivity index (χ0) is 14.0. The maximum Gasteiger partial charge on any atom is 0.243 e. The average Bonchev–Trinajstić information content (AvgIpc) is 2.69. The molecule has 2 amide bonds. The van der Waals surface area contributed by atoms with E-state index in [0.29, 0.717) is 29.4 Å². The van der Waals surface area contributed by atoms with E-state index in [1.165, 1.54) is 4.90 Å². The van der Waals surface area contributed by atoms with Crippen LogP contribution < -0.4 is 5.32 Å². The van der Waals surface area contributed by atoms with E-state index in [0.717, 1.165) is 5.56 Å². The highest BCUT2D eigenvalue weighted by Gasteiger charge is 2.32. The number of rotatable bonds is 3. The summed E-state index contributed by atoms with van der Waals surface area (Å²) in [6, 6.07) is 4.75. The molecule has 1 fully saturated rings. The van der Waals surface area contributed by atoms with E-state index in [9.17, 15) is 9.59 Å². The lowest BCUT2D eigenvalue weighted by Crippen LogP contribution is -2.42. The minimum atomic E-state index is -0.376. The molecule has 2 rings (SSSR count). The summed E-state index contributed by atoms with van der Waals surface area (Å²) in [6.07, 6.45) is 0.992. The van der Waals surface area contributed by atoms with Gasteiger partial charge in [-0.25, -0.2) is 0 Å². The van der Waals surface area contributed by atoms with Gasteiger partial charge in [-0.05, 0) is 24.1 Å². The molecule has 1 aliphatic heterocycles. The topological polar surface area (TPSA) is 49.4 Å². The standard InChI is InChI=1S/C13H14Cl2N2O2/c1-17-11(4-5-12(17)18)13(19)16-7-8-2-3-9(14)6-10(8)15/h2-3,6,11H,4-5,7H2,1H3,(H,16,19)/t11-/m0/s1. The fourth-order valence-corrected chi connectivity index (χ4v) is 2.55. The van der Waals surface area contributed by atoms with Crippen LogP contribution in [0.3, 0.4) is 0 Å². The van der Waals surface area contributed by atoms with E-state index >= 15 is 0 Å². The Morgan fingerprint density at radius 2 is 2.21 bits per heavy atom. The molecule has 0 aliphatic carbocycles. The molecular formula is C13H14Cl2N2O2. The SMILES string of the molecule is CN1C(=O)CC[C@H]1C(=O)NCc1ccc(Cl)cc1Cl. The molecular weight excluding hydrogens is 287 g/mol. The van der Waals surface area contributed by atoms with Gasteiger partial charge >= 0.3 is 0 Å². The number of nitrogens with one attached hydrogen (secondary N) is 1. The Morgan fingerprint density at radius 1 is 1.47 bits per heavy atom. The first kappa shape index (κ1) is 14.2. The number of nitrogens with zero attached hydrogens (tertiary/aromatic N) is 1. The highest BCUT2D eigenvalue weighted by molar-refractivity contribution is 6.35. The quantitative estimate of drug-likeness (QED) is 0.930. The summed E-state index contributed by atoms with van der Waals surface area (Å²) < 4.78 is 0. The molecule has 1 aromatic rings. The summed E-state index contributed by atoms with van der Waals surface area (Å²) in [5.74, 6) is -0.149. The molecule has 4 nitrogen and oxygen atoms in total. The molecule has 1 aliphatic rings. The van der Waals surface area contributed by atoms with Gasteiger partial charge in [-0.1, -0.05) is 29.3 Å². The van der Waals surface area contributed by atoms with Gasteiger partial charge in [0.2, 0.25) is 11.8 Å². The van der Waals surface area contributed by atoms with Crippen molar-refractivity contribution in [2.75, 3.05) is 7.05 Å². The second-order valence-corrected chi connectivity index (χ2v) is 5.36. The Balaban J connectivity index is 1.95. The molecule has 19 heavy (non-hydrogen) atoms. The van der Waals surface area contributed by atoms with Crippen molar-refractivity contribution < 1.29 is 9.59 Å². The van der Waals surface area contributed by atoms with Crippen LogP contribution in [0.5, 0.6) is 0 Å². The number of carbonyl (C=O) groups is 2. The minimum absolute atomic E-state index is 0.00433. The second kappa shape index (κ2) is 5.80. The highest BCUT2D eigenvalue weighted by Crippen LogP contribution is 2.21. The average molecular weight is 301 g/mol. The summed E-state index contributed by atoms with van der Waals surface area (Å²) in [7, 11) is 1.65. The number of likely N-dealkylation sites (N-methyl/N-ethyl adjacent to an activating group) is 1. The number of carbonyl (C=O) groups excluding carboxylic acids is 2. The third-order valence-corrected chi connectivity index (χ3v) is 3.85. The van der Waals surface area contributed by atoms with Crippen LogP contribution >= 0.6 is 23.2 Å². The molecule has 1 atom stereocenters. The first-order valence-electron chi connectivity index (χ1n) is 5.96. The van der Waals surface area contributed by atoms with Crippen molar-refractivity contribution in [3.63, 3.8) is 0 Å². The van der Waals surface area contributed by atoms with Gasteiger partial charge in [0.25, 0.3) is 0 Å². The van der Waals surface area contributed by atoms with Crippen LogP contribution in [0, 0.1) is 0 Å². The third-order valence-electron chi connectivity index (χ3n) is 3.26. The third kappa shape index (κ3) is 3.19. The van der Waals surface area contributed by atoms with E-state index in [-0.39, 0.29) is 17.9 Å². The van der Waals surface area contributed by atoms with Gasteiger partial charge in [-0.2, -0.15) is 0 Å². The number of likely N-dealkylation sites (tertiary alicyclic amines) is 1. The number of hydrogen-bond acceptors (Lipinski definition) is 2. The van der Waals surface area contributed by atoms with Crippen LogP contribution in [0.1, 0.15) is 18.4 Å². The molecule has 1 aromatic carbocycles. The lowest BCUT2D eigenvalue weighted by atomic mass is 10.2. The highest BCUT2D eigenvalue weighted by atomic mass is 35.5. The summed E-state index contributed by atoms with van der Waals surface area (Å²) in [4.78, 5) is 24.8. The Labute approximate surface area is 121 Å². The van der Waals surface area contributed by atoms with Crippen molar-refractivity contribution in [1.29, 1.82) is 0 Å². The maximum absolute atomic E-state index is 12.0. The predicted molar refractivity (Wildman–Crippen MR) is 74.1 cm³/mol. The lowest BCUT2D eigenvalue weighted by Gasteiger charge is -2.19. The van der Waals surface area contributed by atoms with Gasteiger partial charge < -0.3 is 10.2 Å². The minimum Gasteiger partial charge on any atom is -0.350 e. The Hall–Kier alpha value is -1.26. The largest absolute Gasteiger partial charge is 0.350 e. The predicted octanol–water partition coefficient (Wildman–Crippen LogP) is 2.23. The van der Waals surface area contributed by atoms with E-state index in [2.05, 4.69) is 5.32 Å². The lowest BCUT2D eigenvalue weighted by molar-refractivity contribution is -0.133. The normalized spacial score (nSPS) is 18.8. The van der Waals surface area contributed by atoms with Crippen molar-refractivity contribution in [1.82, 2.24) is 10.2 Å². The molecule has 1 N–H and O–H groups in total. The summed E-state index contributed by atoms with van der Waals surface area (Å²) in [5, 5.41) is 3.87. The van der Waals surface area contributed by atoms with Gasteiger partial charge in [0.15, 0.2) is 0 Å². The fraction of sp³-hybridized carbons (Fsp3) is 0.385. The maximum atomic E-state index is 12.0. The number of hydrogen-bond donors (Lipinski definition) is 1. The molecule has 1 saturated heterocycles. The van der Waals surface area contributed by atoms with E-state index in [4.69, 9.17) is 23.2 Å². The monoisotopic (exact) mass is 300 g/mol. The molecule has 0 radical (unpaired) electrons. The molecule has 0 spiro atoms. The summed E-state index contributed by atoms with van der Waals surface area (Å²) >= 11 is 11.8. The molecule has 1 heterocycles. The zero-order valence-corrected chi connectivity index (χ0v) is 12.0. The van der Waals surface area contributed by atoms with Crippen molar-refractivity contribution >= 4 is 35.0 Å². The summed E-state index contributed by atoms with van der Waals surface area (Å²) in [5.41, 5.74) is 0.798. The van der Waals surface area contributed by atoms with Crippen LogP contribution in [-0.2, 0) is 16.1 Å². The van der Waals surface area contributed by atoms with Crippen molar-refractivity contribution in [2.24, 2.45) is 0 Å². The van der Waals surface area contributed by atoms with Gasteiger partial charge in [-0.3, -0.25) is 9.59 Å². The van der Waals surface area contributed by atoms with Gasteiger partial charge in [0.1, 0.15) is 6.04 Å². The van der Waals surface area contributed by atoms with Gasteiger partial charge in [-0.15, -0.1) is 0 Å². The van der Waals surface area contributed by atoms with E-state index in [1.54, 1.807) is 25.2 Å². The van der Waals surface area contributed by atoms with Crippen molar-refractivity contribution in [3.05, 3.63) is 33.8 Å². The Kier molecular flexibility index (Phi) is 4.32. The van der Waals surface area contributed by atoms with Crippen LogP contribution in [0.25, 0.3) is 0 Å². The molecule has 0 unspecified atom stereocenters. The zero-order valence-electron chi connectivity index (χ0n) is 10.5. The van der Waals surface area contributed by atoms with Gasteiger partial charge in [0.05, 0.1) is 0 Å². The summed E-state index contributed by atoms with van der Waals surface area (Å²) in [6.45, 7) is 0.327. The Morgan fingerprint density at radius 3 is 2.79 bits per heavy atom. The fourth-order valence-electron chi connectivity index (χ4n) is 2.08. The first-order valence-corrected chi connectivity index (χ1v) is 6.72. The number of halogens is 2. The number of amides is 2. The molecule has 0 bridgehead atoms. The van der Waals surface area contributed by atoms with Crippen LogP contribution in [0.4, 0.5) is 0 Å². The van der Waals surface area contributed by atoms with Crippen LogP contribution in [0.2, 0.25) is 10.0 Å².